The van der Waals surface area contributed by atoms with Crippen LogP contribution in [0.2, 0.25) is 0 Å². The van der Waals surface area contributed by atoms with E-state index in [9.17, 15) is 8.42 Å². The van der Waals surface area contributed by atoms with Gasteiger partial charge in [-0.15, -0.1) is 0 Å². The summed E-state index contributed by atoms with van der Waals surface area (Å²) in [4.78, 5) is 7.20. The predicted molar refractivity (Wildman–Crippen MR) is 110 cm³/mol. The lowest BCUT2D eigenvalue weighted by atomic mass is 10.1. The van der Waals surface area contributed by atoms with Gasteiger partial charge in [-0.3, -0.25) is 0 Å². The first-order valence-electron chi connectivity index (χ1n) is 9.02. The number of aryl methyl sites for hydroxylation is 1. The van der Waals surface area contributed by atoms with Crippen LogP contribution in [0.3, 0.4) is 0 Å². The first-order valence-corrected chi connectivity index (χ1v) is 10.5. The molecule has 0 saturated carbocycles. The Morgan fingerprint density at radius 3 is 2.15 bits per heavy atom. The van der Waals surface area contributed by atoms with E-state index >= 15 is 0 Å². The number of benzene rings is 2. The van der Waals surface area contributed by atoms with E-state index < -0.39 is 10.0 Å². The molecule has 7 heteroatoms. The molecular weight excluding hydrogens is 360 g/mol. The summed E-state index contributed by atoms with van der Waals surface area (Å²) in [6.45, 7) is 7.85. The van der Waals surface area contributed by atoms with Gasteiger partial charge in [0.25, 0.3) is 10.0 Å². The van der Waals surface area contributed by atoms with Gasteiger partial charge in [0.2, 0.25) is 0 Å². The zero-order valence-electron chi connectivity index (χ0n) is 16.0. The van der Waals surface area contributed by atoms with E-state index in [1.807, 2.05) is 19.1 Å². The first-order chi connectivity index (χ1) is 12.8. The molecule has 1 aliphatic rings. The average Bonchev–Trinajstić information content (AvgIpc) is 2.67. The normalized spacial score (nSPS) is 16.4. The number of piperazine rings is 1. The monoisotopic (exact) mass is 386 g/mol. The van der Waals surface area contributed by atoms with E-state index in [1.54, 1.807) is 31.2 Å². The Bertz CT molecular complexity index is 898. The van der Waals surface area contributed by atoms with Crippen LogP contribution in [0.4, 0.5) is 5.69 Å². The van der Waals surface area contributed by atoms with Crippen LogP contribution in [0.25, 0.3) is 0 Å². The highest BCUT2D eigenvalue weighted by molar-refractivity contribution is 7.89. The molecule has 144 valence electrons. The number of likely N-dealkylation sites (N-methyl/N-ethyl adjacent to an activating group) is 1. The molecule has 1 aliphatic heterocycles. The van der Waals surface area contributed by atoms with Crippen molar-refractivity contribution in [2.24, 2.45) is 5.10 Å². The molecule has 0 unspecified atom stereocenters. The summed E-state index contributed by atoms with van der Waals surface area (Å²) in [7, 11) is -1.52. The molecule has 2 aromatic rings. The molecule has 1 heterocycles. The Kier molecular flexibility index (Phi) is 5.82. The van der Waals surface area contributed by atoms with Gasteiger partial charge in [-0.25, -0.2) is 0 Å². The van der Waals surface area contributed by atoms with Crippen LogP contribution in [0, 0.1) is 6.92 Å². The van der Waals surface area contributed by atoms with Gasteiger partial charge in [0.05, 0.1) is 10.6 Å². The molecule has 0 aliphatic carbocycles. The van der Waals surface area contributed by atoms with Crippen molar-refractivity contribution >= 4 is 21.4 Å². The summed E-state index contributed by atoms with van der Waals surface area (Å²) in [6, 6.07) is 14.8. The van der Waals surface area contributed by atoms with Gasteiger partial charge in [0.1, 0.15) is 0 Å². The summed E-state index contributed by atoms with van der Waals surface area (Å²) in [5.74, 6) is 0. The highest BCUT2D eigenvalue weighted by Crippen LogP contribution is 2.17. The lowest BCUT2D eigenvalue weighted by Crippen LogP contribution is -2.44. The van der Waals surface area contributed by atoms with E-state index in [-0.39, 0.29) is 4.90 Å². The van der Waals surface area contributed by atoms with Gasteiger partial charge in [-0.1, -0.05) is 29.8 Å². The zero-order valence-corrected chi connectivity index (χ0v) is 16.8. The number of nitrogens with one attached hydrogen (secondary N) is 1. The van der Waals surface area contributed by atoms with E-state index in [0.29, 0.717) is 5.71 Å². The van der Waals surface area contributed by atoms with Crippen LogP contribution in [-0.2, 0) is 10.0 Å². The van der Waals surface area contributed by atoms with Crippen molar-refractivity contribution in [1.82, 2.24) is 9.73 Å². The number of rotatable bonds is 5. The molecule has 0 radical (unpaired) electrons. The third kappa shape index (κ3) is 4.87. The number of hydrogen-bond donors (Lipinski definition) is 1. The molecule has 0 aromatic heterocycles. The van der Waals surface area contributed by atoms with Crippen LogP contribution in [0.5, 0.6) is 0 Å². The fourth-order valence-corrected chi connectivity index (χ4v) is 3.80. The summed E-state index contributed by atoms with van der Waals surface area (Å²) < 4.78 is 24.7. The third-order valence-corrected chi connectivity index (χ3v) is 6.04. The van der Waals surface area contributed by atoms with Gasteiger partial charge < -0.3 is 9.80 Å². The predicted octanol–water partition coefficient (Wildman–Crippen LogP) is 2.45. The minimum absolute atomic E-state index is 0.204. The van der Waals surface area contributed by atoms with Crippen molar-refractivity contribution < 1.29 is 8.42 Å². The molecule has 3 rings (SSSR count). The first kappa shape index (κ1) is 19.4. The van der Waals surface area contributed by atoms with Crippen LogP contribution in [0.1, 0.15) is 18.1 Å². The molecule has 1 saturated heterocycles. The molecule has 0 atom stereocenters. The van der Waals surface area contributed by atoms with Crippen molar-refractivity contribution in [3.8, 4) is 0 Å². The zero-order chi connectivity index (χ0) is 19.4. The van der Waals surface area contributed by atoms with E-state index in [1.165, 1.54) is 5.69 Å². The Balaban J connectivity index is 1.68. The number of hydrazone groups is 1. The van der Waals surface area contributed by atoms with Crippen molar-refractivity contribution in [2.45, 2.75) is 18.7 Å². The molecule has 0 spiro atoms. The van der Waals surface area contributed by atoms with E-state index in [4.69, 9.17) is 0 Å². The summed E-state index contributed by atoms with van der Waals surface area (Å²) >= 11 is 0. The summed E-state index contributed by atoms with van der Waals surface area (Å²) in [6.07, 6.45) is 0. The van der Waals surface area contributed by atoms with Gasteiger partial charge >= 0.3 is 0 Å². The maximum absolute atomic E-state index is 12.3. The molecule has 0 amide bonds. The van der Waals surface area contributed by atoms with Crippen molar-refractivity contribution in [3.63, 3.8) is 0 Å². The van der Waals surface area contributed by atoms with Crippen molar-refractivity contribution in [1.29, 1.82) is 0 Å². The fourth-order valence-electron chi connectivity index (χ4n) is 2.94. The fraction of sp³-hybridized carbons (Fsp3) is 0.350. The maximum atomic E-state index is 12.3. The Labute approximate surface area is 161 Å². The SMILES string of the molecule is C/C(=N/NS(=O)(=O)c1ccc(C)cc1)c1ccc(N2CCN(C)CC2)cc1. The second kappa shape index (κ2) is 8.10. The molecular formula is C20H26N4O2S. The van der Waals surface area contributed by atoms with Gasteiger partial charge in [0.15, 0.2) is 0 Å². The molecule has 2 aromatic carbocycles. The lowest BCUT2D eigenvalue weighted by molar-refractivity contribution is 0.313. The van der Waals surface area contributed by atoms with E-state index in [0.717, 1.165) is 37.3 Å². The van der Waals surface area contributed by atoms with Crippen LogP contribution in [0.15, 0.2) is 58.5 Å². The quantitative estimate of drug-likeness (QED) is 0.633. The van der Waals surface area contributed by atoms with Crippen molar-refractivity contribution in [3.05, 3.63) is 59.7 Å². The largest absolute Gasteiger partial charge is 0.369 e. The molecule has 6 nitrogen and oxygen atoms in total. The Morgan fingerprint density at radius 2 is 1.56 bits per heavy atom. The Morgan fingerprint density at radius 1 is 0.963 bits per heavy atom. The van der Waals surface area contributed by atoms with Crippen LogP contribution < -0.4 is 9.73 Å². The third-order valence-electron chi connectivity index (χ3n) is 4.82. The minimum Gasteiger partial charge on any atom is -0.369 e. The number of sulfonamides is 1. The number of anilines is 1. The van der Waals surface area contributed by atoms with E-state index in [2.05, 4.69) is 38.9 Å². The van der Waals surface area contributed by atoms with Crippen molar-refractivity contribution in [2.75, 3.05) is 38.1 Å². The highest BCUT2D eigenvalue weighted by Gasteiger charge is 2.15. The topological polar surface area (TPSA) is 65.0 Å². The van der Waals surface area contributed by atoms with Gasteiger partial charge in [0, 0.05) is 31.9 Å². The minimum atomic E-state index is -3.66. The van der Waals surface area contributed by atoms with Gasteiger partial charge in [-0.05, 0) is 50.7 Å². The standard InChI is InChI=1S/C20H26N4O2S/c1-16-4-10-20(11-5-16)27(25,26)22-21-17(2)18-6-8-19(9-7-18)24-14-12-23(3)13-15-24/h4-11,22H,12-15H2,1-3H3/b21-17-. The lowest BCUT2D eigenvalue weighted by Gasteiger charge is -2.34. The maximum Gasteiger partial charge on any atom is 0.276 e. The van der Waals surface area contributed by atoms with Crippen LogP contribution >= 0.6 is 0 Å². The highest BCUT2D eigenvalue weighted by atomic mass is 32.2. The smallest absolute Gasteiger partial charge is 0.276 e. The number of hydrogen-bond acceptors (Lipinski definition) is 5. The van der Waals surface area contributed by atoms with Crippen LogP contribution in [-0.4, -0.2) is 52.3 Å². The van der Waals surface area contributed by atoms with Gasteiger partial charge in [-0.2, -0.15) is 18.4 Å². The second-order valence-electron chi connectivity index (χ2n) is 6.94. The number of nitrogens with zero attached hydrogens (tertiary/aromatic N) is 3. The average molecular weight is 387 g/mol. The molecule has 0 bridgehead atoms. The molecule has 1 N–H and O–H groups in total. The molecule has 1 fully saturated rings. The Hall–Kier alpha value is -2.38. The summed E-state index contributed by atoms with van der Waals surface area (Å²) in [5.41, 5.74) is 3.70. The summed E-state index contributed by atoms with van der Waals surface area (Å²) in [5, 5.41) is 4.08. The molecule has 27 heavy (non-hydrogen) atoms. The second-order valence-corrected chi connectivity index (χ2v) is 8.60.